The second kappa shape index (κ2) is 16.9. The number of nitrogens with one attached hydrogen (secondary N) is 1. The van der Waals surface area contributed by atoms with Gasteiger partial charge in [0.15, 0.2) is 5.70 Å². The number of aromatic nitrogens is 4. The van der Waals surface area contributed by atoms with E-state index in [1.165, 1.54) is 6.33 Å². The molecule has 3 aromatic heterocycles. The van der Waals surface area contributed by atoms with Gasteiger partial charge >= 0.3 is 6.97 Å². The summed E-state index contributed by atoms with van der Waals surface area (Å²) in [6.45, 7) is 5.95. The highest BCUT2D eigenvalue weighted by atomic mass is 19.2. The summed E-state index contributed by atoms with van der Waals surface area (Å²) in [7, 11) is 0. The Morgan fingerprint density at radius 1 is 0.918 bits per heavy atom. The smallest absolute Gasteiger partial charge is 0.457 e. The van der Waals surface area contributed by atoms with Gasteiger partial charge in [-0.2, -0.15) is 4.98 Å². The van der Waals surface area contributed by atoms with E-state index < -0.39 is 6.97 Å². The van der Waals surface area contributed by atoms with Gasteiger partial charge in [-0.1, -0.05) is 24.3 Å². The predicted molar refractivity (Wildman–Crippen MR) is 230 cm³/mol. The molecular formula is C45H48BF2N9O4. The molecule has 1 N–H and O–H groups in total. The zero-order valence-corrected chi connectivity index (χ0v) is 34.3. The van der Waals surface area contributed by atoms with Crippen LogP contribution in [0.2, 0.25) is 0 Å². The van der Waals surface area contributed by atoms with Crippen molar-refractivity contribution in [2.45, 2.75) is 32.7 Å². The molecule has 5 aromatic rings. The Morgan fingerprint density at radius 2 is 1.64 bits per heavy atom. The fraction of sp³-hybridized carbons (Fsp3) is 0.311. The van der Waals surface area contributed by atoms with Crippen molar-refractivity contribution in [2.75, 3.05) is 58.9 Å². The van der Waals surface area contributed by atoms with Crippen molar-refractivity contribution in [1.82, 2.24) is 39.0 Å². The summed E-state index contributed by atoms with van der Waals surface area (Å²) >= 11 is 0. The average Bonchev–Trinajstić information content (AvgIpc) is 3.94. The minimum absolute atomic E-state index is 0.0160. The number of aryl methyl sites for hydroxylation is 2. The van der Waals surface area contributed by atoms with Gasteiger partial charge in [0, 0.05) is 108 Å². The van der Waals surface area contributed by atoms with Gasteiger partial charge < -0.3 is 41.9 Å². The SMILES string of the molecule is Cc1cc(C)n2c1C=C1C=CC(CCC(=O)NCCN3CCN(C/C=C/C(=O)N4CC(n5ccc6ncnc(Oc7ccc(Oc8ccccc8)cc7)c65)C4)CC3)=[N+]1[B-]2(F)F. The third kappa shape index (κ3) is 8.37. The normalized spacial score (nSPS) is 17.7. The minimum Gasteiger partial charge on any atom is -0.457 e. The van der Waals surface area contributed by atoms with Gasteiger partial charge in [-0.25, -0.2) is 4.98 Å². The number of allylic oxidation sites excluding steroid dienone is 2. The first-order valence-electron chi connectivity index (χ1n) is 20.9. The Balaban J connectivity index is 0.685. The van der Waals surface area contributed by atoms with E-state index in [1.807, 2.05) is 84.8 Å². The molecule has 0 bridgehead atoms. The first kappa shape index (κ1) is 40.0. The fourth-order valence-electron chi connectivity index (χ4n) is 8.65. The molecule has 0 radical (unpaired) electrons. The maximum Gasteiger partial charge on any atom is 0.737 e. The lowest BCUT2D eigenvalue weighted by atomic mass is 9.90. The lowest BCUT2D eigenvalue weighted by Crippen LogP contribution is -2.50. The minimum atomic E-state index is -4.04. The number of likely N-dealkylation sites (tertiary alicyclic amines) is 1. The zero-order valence-electron chi connectivity index (χ0n) is 34.3. The Bertz CT molecular complexity index is 2570. The van der Waals surface area contributed by atoms with Gasteiger partial charge in [0.05, 0.1) is 11.6 Å². The number of benzene rings is 2. The molecule has 2 aromatic carbocycles. The summed E-state index contributed by atoms with van der Waals surface area (Å²) in [5, 5.41) is 2.97. The largest absolute Gasteiger partial charge is 0.737 e. The second-order valence-electron chi connectivity index (χ2n) is 16.0. The van der Waals surface area contributed by atoms with Gasteiger partial charge in [-0.3, -0.25) is 19.4 Å². The number of piperazine rings is 1. The van der Waals surface area contributed by atoms with Crippen LogP contribution in [0.5, 0.6) is 23.1 Å². The van der Waals surface area contributed by atoms with Crippen LogP contribution in [-0.4, -0.2) is 122 Å². The maximum atomic E-state index is 15.7. The van der Waals surface area contributed by atoms with E-state index >= 15 is 8.63 Å². The number of carbonyl (C=O) groups is 2. The van der Waals surface area contributed by atoms with E-state index in [0.717, 1.165) is 57.5 Å². The molecule has 0 saturated carbocycles. The van der Waals surface area contributed by atoms with Crippen LogP contribution in [0.1, 0.15) is 35.8 Å². The molecule has 0 unspecified atom stereocenters. The lowest BCUT2D eigenvalue weighted by molar-refractivity contribution is -0.362. The molecule has 2 amide bonds. The third-order valence-corrected chi connectivity index (χ3v) is 11.9. The molecular weight excluding hydrogens is 779 g/mol. The highest BCUT2D eigenvalue weighted by Gasteiger charge is 2.52. The zero-order chi connectivity index (χ0) is 42.1. The number of nitrogens with zero attached hydrogens (tertiary/aromatic N) is 8. The average molecular weight is 828 g/mol. The highest BCUT2D eigenvalue weighted by molar-refractivity contribution is 6.58. The van der Waals surface area contributed by atoms with Gasteiger partial charge in [0.2, 0.25) is 17.7 Å². The highest BCUT2D eigenvalue weighted by Crippen LogP contribution is 2.36. The standard InChI is InChI=1S/C45H48BF2N9O4/c1-32-27-33(2)56-41(32)28-35-11-10-34(57(35)46(56,47)48)12-17-42(58)49-19-22-53-25-23-52(24-26-53)20-6-9-43(59)54-29-36(30-54)55-21-18-40-44(55)45(51-31-50-40)61-39-15-13-38(14-16-39)60-37-7-4-3-5-8-37/h3-11,13-16,18,21,27-28,31,36H,12,17,19-20,22-26,29-30H2,1-2H3,(H,49,58)/b9-6+. The lowest BCUT2D eigenvalue weighted by Gasteiger charge is -2.40. The summed E-state index contributed by atoms with van der Waals surface area (Å²) in [5.41, 5.74) is 4.36. The van der Waals surface area contributed by atoms with Crippen LogP contribution in [0.15, 0.2) is 109 Å². The number of para-hydroxylation sites is 1. The fourth-order valence-corrected chi connectivity index (χ4v) is 8.65. The van der Waals surface area contributed by atoms with Crippen molar-refractivity contribution in [1.29, 1.82) is 0 Å². The van der Waals surface area contributed by atoms with Crippen LogP contribution >= 0.6 is 0 Å². The van der Waals surface area contributed by atoms with Gasteiger partial charge in [0.1, 0.15) is 34.8 Å². The molecule has 2 saturated heterocycles. The Hall–Kier alpha value is -6.39. The molecule has 4 aliphatic rings. The quantitative estimate of drug-likeness (QED) is 0.104. The van der Waals surface area contributed by atoms with E-state index in [4.69, 9.17) is 9.47 Å². The van der Waals surface area contributed by atoms with Crippen molar-refractivity contribution < 1.29 is 32.2 Å². The summed E-state index contributed by atoms with van der Waals surface area (Å²) in [5.74, 6) is 2.35. The number of rotatable bonds is 14. The van der Waals surface area contributed by atoms with Crippen molar-refractivity contribution in [2.24, 2.45) is 0 Å². The number of hydrogen-bond acceptors (Lipinski definition) is 8. The number of ether oxygens (including phenoxy) is 2. The third-order valence-electron chi connectivity index (χ3n) is 11.9. The molecule has 61 heavy (non-hydrogen) atoms. The Kier molecular flexibility index (Phi) is 11.1. The Morgan fingerprint density at radius 3 is 2.41 bits per heavy atom. The number of halogens is 2. The molecule has 2 fully saturated rings. The second-order valence-corrected chi connectivity index (χ2v) is 16.0. The van der Waals surface area contributed by atoms with E-state index in [2.05, 4.69) is 29.7 Å². The Labute approximate surface area is 352 Å². The first-order valence-corrected chi connectivity index (χ1v) is 20.9. The summed E-state index contributed by atoms with van der Waals surface area (Å²) < 4.78 is 47.9. The number of amides is 2. The van der Waals surface area contributed by atoms with E-state index in [1.54, 1.807) is 37.3 Å². The molecule has 9 rings (SSSR count). The molecule has 13 nitrogen and oxygen atoms in total. The molecule has 314 valence electrons. The van der Waals surface area contributed by atoms with Crippen LogP contribution < -0.4 is 14.8 Å². The summed E-state index contributed by atoms with van der Waals surface area (Å²) in [6, 6.07) is 20.8. The van der Waals surface area contributed by atoms with Crippen molar-refractivity contribution >= 4 is 41.6 Å². The van der Waals surface area contributed by atoms with Crippen LogP contribution in [0, 0.1) is 13.8 Å². The topological polar surface area (TPSA) is 113 Å². The van der Waals surface area contributed by atoms with Crippen LogP contribution in [-0.2, 0) is 9.59 Å². The van der Waals surface area contributed by atoms with E-state index in [0.29, 0.717) is 72.9 Å². The van der Waals surface area contributed by atoms with Gasteiger partial charge in [0.25, 0.3) is 0 Å². The number of fused-ring (bicyclic) bond motifs is 3. The van der Waals surface area contributed by atoms with Gasteiger partial charge in [-0.05, 0) is 73.6 Å². The van der Waals surface area contributed by atoms with Gasteiger partial charge in [-0.15, -0.1) is 0 Å². The first-order chi connectivity index (χ1) is 29.6. The number of carbonyl (C=O) groups excluding carboxylic acids is 2. The van der Waals surface area contributed by atoms with Crippen molar-refractivity contribution in [3.8, 4) is 23.1 Å². The molecule has 0 spiro atoms. The predicted octanol–water partition coefficient (Wildman–Crippen LogP) is 6.19. The molecule has 7 heterocycles. The van der Waals surface area contributed by atoms with E-state index in [9.17, 15) is 9.59 Å². The number of hydrogen-bond donors (Lipinski definition) is 1. The van der Waals surface area contributed by atoms with Crippen LogP contribution in [0.3, 0.4) is 0 Å². The van der Waals surface area contributed by atoms with Crippen molar-refractivity contribution in [3.05, 3.63) is 126 Å². The molecule has 4 aliphatic heterocycles. The molecule has 0 atom stereocenters. The van der Waals surface area contributed by atoms with Crippen molar-refractivity contribution in [3.63, 3.8) is 0 Å². The summed E-state index contributed by atoms with van der Waals surface area (Å²) in [4.78, 5) is 41.1. The molecule has 16 heteroatoms. The molecule has 0 aliphatic carbocycles. The van der Waals surface area contributed by atoms with E-state index in [-0.39, 0.29) is 30.7 Å². The maximum absolute atomic E-state index is 15.7. The van der Waals surface area contributed by atoms with Crippen LogP contribution in [0.4, 0.5) is 8.63 Å². The van der Waals surface area contributed by atoms with Crippen LogP contribution in [0.25, 0.3) is 17.1 Å². The summed E-state index contributed by atoms with van der Waals surface area (Å²) in [6.07, 6.45) is 12.6. The monoisotopic (exact) mass is 827 g/mol.